The number of nitrogens with zero attached hydrogens (tertiary/aromatic N) is 1. The van der Waals surface area contributed by atoms with Crippen LogP contribution < -0.4 is 5.73 Å². The Morgan fingerprint density at radius 3 is 2.94 bits per heavy atom. The minimum absolute atomic E-state index is 0.378. The van der Waals surface area contributed by atoms with E-state index in [1.165, 1.54) is 0 Å². The van der Waals surface area contributed by atoms with Crippen molar-refractivity contribution in [2.45, 2.75) is 26.2 Å². The van der Waals surface area contributed by atoms with Crippen molar-refractivity contribution >= 4 is 5.97 Å². The number of nitrogens with two attached hydrogens (primary N) is 1. The number of rotatable bonds is 6. The number of pyridine rings is 1. The summed E-state index contributed by atoms with van der Waals surface area (Å²) in [5.41, 5.74) is 7.30. The summed E-state index contributed by atoms with van der Waals surface area (Å²) in [4.78, 5) is 15.3. The van der Waals surface area contributed by atoms with Crippen molar-refractivity contribution in [1.82, 2.24) is 4.98 Å². The molecule has 0 fully saturated rings. The Hall–Kier alpha value is -1.42. The fourth-order valence-corrected chi connectivity index (χ4v) is 1.64. The zero-order chi connectivity index (χ0) is 12.0. The van der Waals surface area contributed by atoms with Crippen molar-refractivity contribution in [3.05, 3.63) is 29.6 Å². The average molecular weight is 222 g/mol. The molecule has 1 aromatic heterocycles. The number of aromatic nitrogens is 1. The van der Waals surface area contributed by atoms with E-state index in [1.54, 1.807) is 6.20 Å². The molecule has 1 rings (SSSR count). The third-order valence-corrected chi connectivity index (χ3v) is 2.66. The van der Waals surface area contributed by atoms with Gasteiger partial charge in [0.1, 0.15) is 0 Å². The average Bonchev–Trinajstić information content (AvgIpc) is 2.26. The number of hydrogen-bond acceptors (Lipinski definition) is 3. The minimum atomic E-state index is -0.765. The van der Waals surface area contributed by atoms with E-state index in [0.717, 1.165) is 17.7 Å². The van der Waals surface area contributed by atoms with E-state index in [2.05, 4.69) is 4.98 Å². The molecule has 4 nitrogen and oxygen atoms in total. The van der Waals surface area contributed by atoms with Crippen molar-refractivity contribution < 1.29 is 9.90 Å². The number of aliphatic carboxylic acids is 1. The summed E-state index contributed by atoms with van der Waals surface area (Å²) in [5.74, 6) is -1.14. The fourth-order valence-electron chi connectivity index (χ4n) is 1.64. The molecule has 4 heteroatoms. The third kappa shape index (κ3) is 3.62. The first-order valence-corrected chi connectivity index (χ1v) is 5.48. The van der Waals surface area contributed by atoms with Crippen molar-refractivity contribution in [1.29, 1.82) is 0 Å². The molecule has 0 bridgehead atoms. The highest BCUT2D eigenvalue weighted by Gasteiger charge is 2.18. The Kier molecular flexibility index (Phi) is 4.92. The van der Waals surface area contributed by atoms with Gasteiger partial charge in [-0.3, -0.25) is 9.78 Å². The smallest absolute Gasteiger partial charge is 0.306 e. The van der Waals surface area contributed by atoms with Gasteiger partial charge in [0.05, 0.1) is 5.92 Å². The third-order valence-electron chi connectivity index (χ3n) is 2.66. The van der Waals surface area contributed by atoms with Gasteiger partial charge in [-0.15, -0.1) is 0 Å². The Bertz CT molecular complexity index is 353. The molecule has 0 saturated carbocycles. The second kappa shape index (κ2) is 6.23. The molecule has 1 unspecified atom stereocenters. The highest BCUT2D eigenvalue weighted by Crippen LogP contribution is 2.15. The van der Waals surface area contributed by atoms with Gasteiger partial charge in [0.15, 0.2) is 0 Å². The molecule has 1 heterocycles. The van der Waals surface area contributed by atoms with Crippen LogP contribution in [0.4, 0.5) is 0 Å². The fraction of sp³-hybridized carbons (Fsp3) is 0.500. The Labute approximate surface area is 95.5 Å². The molecule has 0 aromatic carbocycles. The van der Waals surface area contributed by atoms with Gasteiger partial charge in [-0.05, 0) is 37.9 Å². The van der Waals surface area contributed by atoms with E-state index < -0.39 is 5.97 Å². The molecule has 0 aliphatic heterocycles. The summed E-state index contributed by atoms with van der Waals surface area (Å²) >= 11 is 0. The zero-order valence-corrected chi connectivity index (χ0v) is 9.52. The molecule has 16 heavy (non-hydrogen) atoms. The number of hydrogen-bond donors (Lipinski definition) is 2. The van der Waals surface area contributed by atoms with Crippen LogP contribution in [0.3, 0.4) is 0 Å². The molecule has 1 atom stereocenters. The molecule has 0 aliphatic carbocycles. The molecule has 1 aromatic rings. The number of carboxylic acid groups (broad SMARTS) is 1. The van der Waals surface area contributed by atoms with Crippen molar-refractivity contribution in [3.63, 3.8) is 0 Å². The van der Waals surface area contributed by atoms with Gasteiger partial charge in [0, 0.05) is 18.3 Å². The van der Waals surface area contributed by atoms with E-state index in [4.69, 9.17) is 10.8 Å². The predicted molar refractivity (Wildman–Crippen MR) is 62.1 cm³/mol. The first-order chi connectivity index (χ1) is 7.65. The number of aryl methyl sites for hydroxylation is 1. The van der Waals surface area contributed by atoms with Crippen LogP contribution in [0, 0.1) is 12.8 Å². The zero-order valence-electron chi connectivity index (χ0n) is 9.52. The van der Waals surface area contributed by atoms with Crippen molar-refractivity contribution in [2.75, 3.05) is 6.54 Å². The van der Waals surface area contributed by atoms with Crippen LogP contribution in [0.5, 0.6) is 0 Å². The van der Waals surface area contributed by atoms with Crippen molar-refractivity contribution in [3.8, 4) is 0 Å². The molecular weight excluding hydrogens is 204 g/mol. The SMILES string of the molecule is Cc1cccnc1CC(CCCN)C(=O)O. The van der Waals surface area contributed by atoms with Crippen LogP contribution in [0.1, 0.15) is 24.1 Å². The maximum atomic E-state index is 11.1. The Morgan fingerprint density at radius 2 is 2.38 bits per heavy atom. The molecule has 3 N–H and O–H groups in total. The van der Waals surface area contributed by atoms with E-state index in [0.29, 0.717) is 19.4 Å². The van der Waals surface area contributed by atoms with Crippen LogP contribution in [-0.2, 0) is 11.2 Å². The summed E-state index contributed by atoms with van der Waals surface area (Å²) in [5, 5.41) is 9.08. The van der Waals surface area contributed by atoms with Gasteiger partial charge >= 0.3 is 5.97 Å². The second-order valence-electron chi connectivity index (χ2n) is 3.94. The molecule has 0 aliphatic rings. The number of carboxylic acids is 1. The van der Waals surface area contributed by atoms with Gasteiger partial charge in [-0.1, -0.05) is 6.07 Å². The van der Waals surface area contributed by atoms with Gasteiger partial charge in [-0.25, -0.2) is 0 Å². The molecule has 0 radical (unpaired) electrons. The Morgan fingerprint density at radius 1 is 1.62 bits per heavy atom. The van der Waals surface area contributed by atoms with Crippen LogP contribution >= 0.6 is 0 Å². The quantitative estimate of drug-likeness (QED) is 0.762. The topological polar surface area (TPSA) is 76.2 Å². The lowest BCUT2D eigenvalue weighted by molar-refractivity contribution is -0.142. The van der Waals surface area contributed by atoms with E-state index in [1.807, 2.05) is 19.1 Å². The highest BCUT2D eigenvalue weighted by atomic mass is 16.4. The summed E-state index contributed by atoms with van der Waals surface area (Å²) in [6, 6.07) is 3.80. The maximum Gasteiger partial charge on any atom is 0.306 e. The lowest BCUT2D eigenvalue weighted by Crippen LogP contribution is -2.19. The molecule has 0 spiro atoms. The lowest BCUT2D eigenvalue weighted by Gasteiger charge is -2.12. The monoisotopic (exact) mass is 222 g/mol. The first kappa shape index (κ1) is 12.6. The molecular formula is C12H18N2O2. The predicted octanol–water partition coefficient (Wildman–Crippen LogP) is 1.37. The van der Waals surface area contributed by atoms with Crippen LogP contribution in [0.15, 0.2) is 18.3 Å². The van der Waals surface area contributed by atoms with E-state index in [9.17, 15) is 4.79 Å². The first-order valence-electron chi connectivity index (χ1n) is 5.48. The van der Waals surface area contributed by atoms with Gasteiger partial charge in [0.2, 0.25) is 0 Å². The summed E-state index contributed by atoms with van der Waals surface area (Å²) < 4.78 is 0. The van der Waals surface area contributed by atoms with Crippen LogP contribution in [-0.4, -0.2) is 22.6 Å². The highest BCUT2D eigenvalue weighted by molar-refractivity contribution is 5.70. The number of carbonyl (C=O) groups is 1. The lowest BCUT2D eigenvalue weighted by atomic mass is 9.96. The maximum absolute atomic E-state index is 11.1. The van der Waals surface area contributed by atoms with Gasteiger partial charge < -0.3 is 10.8 Å². The van der Waals surface area contributed by atoms with Crippen molar-refractivity contribution in [2.24, 2.45) is 11.7 Å². The second-order valence-corrected chi connectivity index (χ2v) is 3.94. The van der Waals surface area contributed by atoms with Crippen LogP contribution in [0.2, 0.25) is 0 Å². The molecule has 88 valence electrons. The minimum Gasteiger partial charge on any atom is -0.481 e. The summed E-state index contributed by atoms with van der Waals surface area (Å²) in [6.45, 7) is 2.48. The largest absolute Gasteiger partial charge is 0.481 e. The van der Waals surface area contributed by atoms with E-state index >= 15 is 0 Å². The summed E-state index contributed by atoms with van der Waals surface area (Å²) in [6.07, 6.45) is 3.54. The normalized spacial score (nSPS) is 12.4. The summed E-state index contributed by atoms with van der Waals surface area (Å²) in [7, 11) is 0. The molecule has 0 amide bonds. The standard InChI is InChI=1S/C12H18N2O2/c1-9-4-3-7-14-11(9)8-10(12(15)16)5-2-6-13/h3-4,7,10H,2,5-6,8,13H2,1H3,(H,15,16). The Balaban J connectivity index is 2.68. The van der Waals surface area contributed by atoms with E-state index in [-0.39, 0.29) is 5.92 Å². The van der Waals surface area contributed by atoms with Crippen LogP contribution in [0.25, 0.3) is 0 Å². The van der Waals surface area contributed by atoms with Gasteiger partial charge in [0.25, 0.3) is 0 Å². The molecule has 0 saturated heterocycles. The van der Waals surface area contributed by atoms with Gasteiger partial charge in [-0.2, -0.15) is 0 Å².